The summed E-state index contributed by atoms with van der Waals surface area (Å²) in [6.45, 7) is 1.36. The molecule has 0 spiro atoms. The molecule has 0 aliphatic rings. The molecule has 0 radical (unpaired) electrons. The quantitative estimate of drug-likeness (QED) is 0.666. The zero-order valence-electron chi connectivity index (χ0n) is 6.83. The van der Waals surface area contributed by atoms with E-state index in [0.29, 0.717) is 0 Å². The number of nitrogens with one attached hydrogen (secondary N) is 2. The molecule has 0 fully saturated rings. The van der Waals surface area contributed by atoms with E-state index in [1.54, 1.807) is 5.32 Å². The molecule has 3 nitrogen and oxygen atoms in total. The Bertz CT molecular complexity index is 157. The molecular weight excluding hydrogens is 173 g/mol. The SMILES string of the molecule is CC[C@H](NC(=O)NC)C(F)(F)F. The summed E-state index contributed by atoms with van der Waals surface area (Å²) in [5.41, 5.74) is 0. The van der Waals surface area contributed by atoms with Crippen molar-refractivity contribution >= 4 is 6.03 Å². The van der Waals surface area contributed by atoms with Gasteiger partial charge in [-0.2, -0.15) is 13.2 Å². The van der Waals surface area contributed by atoms with E-state index in [2.05, 4.69) is 5.32 Å². The maximum absolute atomic E-state index is 12.0. The minimum atomic E-state index is -4.37. The van der Waals surface area contributed by atoms with Gasteiger partial charge in [0.1, 0.15) is 6.04 Å². The maximum atomic E-state index is 12.0. The van der Waals surface area contributed by atoms with Crippen molar-refractivity contribution in [2.45, 2.75) is 25.6 Å². The second-order valence-electron chi connectivity index (χ2n) is 2.23. The number of amides is 2. The van der Waals surface area contributed by atoms with Crippen LogP contribution in [0.4, 0.5) is 18.0 Å². The Morgan fingerprint density at radius 3 is 2.25 bits per heavy atom. The molecule has 0 heterocycles. The molecule has 6 heteroatoms. The Labute approximate surface area is 68.3 Å². The van der Waals surface area contributed by atoms with Crippen molar-refractivity contribution in [1.29, 1.82) is 0 Å². The first-order valence-corrected chi connectivity index (χ1v) is 3.46. The van der Waals surface area contributed by atoms with Crippen molar-refractivity contribution in [3.05, 3.63) is 0 Å². The minimum Gasteiger partial charge on any atom is -0.341 e. The monoisotopic (exact) mass is 184 g/mol. The smallest absolute Gasteiger partial charge is 0.341 e. The maximum Gasteiger partial charge on any atom is 0.408 e. The van der Waals surface area contributed by atoms with Gasteiger partial charge in [0.25, 0.3) is 0 Å². The molecule has 2 amide bonds. The summed E-state index contributed by atoms with van der Waals surface area (Å²) < 4.78 is 35.9. The molecule has 0 unspecified atom stereocenters. The number of carbonyl (C=O) groups excluding carboxylic acids is 1. The summed E-state index contributed by atoms with van der Waals surface area (Å²) in [5.74, 6) is 0. The van der Waals surface area contributed by atoms with E-state index in [1.807, 2.05) is 0 Å². The summed E-state index contributed by atoms with van der Waals surface area (Å²) in [5, 5.41) is 3.83. The second kappa shape index (κ2) is 4.18. The first kappa shape index (κ1) is 11.1. The van der Waals surface area contributed by atoms with E-state index in [-0.39, 0.29) is 6.42 Å². The Morgan fingerprint density at radius 2 is 2.00 bits per heavy atom. The molecule has 0 bridgehead atoms. The van der Waals surface area contributed by atoms with E-state index in [1.165, 1.54) is 14.0 Å². The van der Waals surface area contributed by atoms with Crippen LogP contribution < -0.4 is 10.6 Å². The van der Waals surface area contributed by atoms with Gasteiger partial charge in [-0.05, 0) is 6.42 Å². The van der Waals surface area contributed by atoms with Gasteiger partial charge in [0.15, 0.2) is 0 Å². The van der Waals surface area contributed by atoms with Crippen molar-refractivity contribution < 1.29 is 18.0 Å². The number of urea groups is 1. The van der Waals surface area contributed by atoms with E-state index in [0.717, 1.165) is 0 Å². The van der Waals surface area contributed by atoms with Crippen molar-refractivity contribution in [1.82, 2.24) is 10.6 Å². The van der Waals surface area contributed by atoms with Gasteiger partial charge in [-0.15, -0.1) is 0 Å². The Hall–Kier alpha value is -0.940. The molecule has 2 N–H and O–H groups in total. The topological polar surface area (TPSA) is 41.1 Å². The fourth-order valence-electron chi connectivity index (χ4n) is 0.646. The van der Waals surface area contributed by atoms with Gasteiger partial charge in [-0.25, -0.2) is 4.79 Å². The van der Waals surface area contributed by atoms with Gasteiger partial charge in [-0.1, -0.05) is 6.92 Å². The van der Waals surface area contributed by atoms with Gasteiger partial charge >= 0.3 is 12.2 Å². The predicted octanol–water partition coefficient (Wildman–Crippen LogP) is 1.26. The van der Waals surface area contributed by atoms with Gasteiger partial charge in [0.2, 0.25) is 0 Å². The number of halogens is 3. The van der Waals surface area contributed by atoms with Gasteiger partial charge in [0, 0.05) is 7.05 Å². The predicted molar refractivity (Wildman–Crippen MR) is 37.7 cm³/mol. The zero-order valence-corrected chi connectivity index (χ0v) is 6.83. The van der Waals surface area contributed by atoms with Crippen LogP contribution in [0.3, 0.4) is 0 Å². The van der Waals surface area contributed by atoms with Crippen molar-refractivity contribution in [3.8, 4) is 0 Å². The lowest BCUT2D eigenvalue weighted by molar-refractivity contribution is -0.153. The molecule has 0 saturated heterocycles. The highest BCUT2D eigenvalue weighted by Gasteiger charge is 2.39. The van der Waals surface area contributed by atoms with Gasteiger partial charge in [-0.3, -0.25) is 0 Å². The van der Waals surface area contributed by atoms with Crippen LogP contribution in [0, 0.1) is 0 Å². The van der Waals surface area contributed by atoms with Crippen LogP contribution >= 0.6 is 0 Å². The van der Waals surface area contributed by atoms with Crippen molar-refractivity contribution in [2.75, 3.05) is 7.05 Å². The van der Waals surface area contributed by atoms with Gasteiger partial charge < -0.3 is 10.6 Å². The normalized spacial score (nSPS) is 13.8. The highest BCUT2D eigenvalue weighted by molar-refractivity contribution is 5.73. The molecule has 12 heavy (non-hydrogen) atoms. The molecule has 0 aliphatic heterocycles. The number of carbonyl (C=O) groups is 1. The number of hydrogen-bond acceptors (Lipinski definition) is 1. The molecule has 0 aromatic carbocycles. The second-order valence-corrected chi connectivity index (χ2v) is 2.23. The average Bonchev–Trinajstić information content (AvgIpc) is 1.97. The largest absolute Gasteiger partial charge is 0.408 e. The van der Waals surface area contributed by atoms with Crippen LogP contribution in [0.5, 0.6) is 0 Å². The summed E-state index contributed by atoms with van der Waals surface area (Å²) in [6, 6.07) is -2.59. The molecule has 0 saturated carbocycles. The third kappa shape index (κ3) is 3.45. The van der Waals surface area contributed by atoms with Crippen LogP contribution in [0.15, 0.2) is 0 Å². The average molecular weight is 184 g/mol. The van der Waals surface area contributed by atoms with Crippen molar-refractivity contribution in [2.24, 2.45) is 0 Å². The summed E-state index contributed by atoms with van der Waals surface area (Å²) in [7, 11) is 1.26. The molecule has 72 valence electrons. The molecule has 0 aromatic heterocycles. The van der Waals surface area contributed by atoms with Crippen LogP contribution in [0.2, 0.25) is 0 Å². The third-order valence-electron chi connectivity index (χ3n) is 1.34. The number of hydrogen-bond donors (Lipinski definition) is 2. The summed E-state index contributed by atoms with van der Waals surface area (Å²) in [6.07, 6.45) is -4.54. The van der Waals surface area contributed by atoms with Crippen LogP contribution in [-0.4, -0.2) is 25.3 Å². The first-order chi connectivity index (χ1) is 5.41. The van der Waals surface area contributed by atoms with E-state index in [4.69, 9.17) is 0 Å². The standard InChI is InChI=1S/C6H11F3N2O/c1-3-4(6(7,8)9)11-5(12)10-2/h4H,3H2,1-2H3,(H2,10,11,12)/t4-/m0/s1. The Kier molecular flexibility index (Phi) is 3.85. The van der Waals surface area contributed by atoms with Crippen LogP contribution in [0.1, 0.15) is 13.3 Å². The highest BCUT2D eigenvalue weighted by atomic mass is 19.4. The molecule has 1 atom stereocenters. The third-order valence-corrected chi connectivity index (χ3v) is 1.34. The lowest BCUT2D eigenvalue weighted by Gasteiger charge is -2.19. The molecule has 0 rings (SSSR count). The molecule has 0 aliphatic carbocycles. The summed E-state index contributed by atoms with van der Waals surface area (Å²) >= 11 is 0. The minimum absolute atomic E-state index is 0.170. The van der Waals surface area contributed by atoms with E-state index >= 15 is 0 Å². The van der Waals surface area contributed by atoms with Crippen LogP contribution in [-0.2, 0) is 0 Å². The lowest BCUT2D eigenvalue weighted by atomic mass is 10.2. The molecular formula is C6H11F3N2O. The van der Waals surface area contributed by atoms with Crippen LogP contribution in [0.25, 0.3) is 0 Å². The Morgan fingerprint density at radius 1 is 1.50 bits per heavy atom. The van der Waals surface area contributed by atoms with Crippen molar-refractivity contribution in [3.63, 3.8) is 0 Å². The lowest BCUT2D eigenvalue weighted by Crippen LogP contribution is -2.48. The molecule has 0 aromatic rings. The number of alkyl halides is 3. The highest BCUT2D eigenvalue weighted by Crippen LogP contribution is 2.21. The fourth-order valence-corrected chi connectivity index (χ4v) is 0.646. The fraction of sp³-hybridized carbons (Fsp3) is 0.833. The zero-order chi connectivity index (χ0) is 9.78. The first-order valence-electron chi connectivity index (χ1n) is 3.46. The van der Waals surface area contributed by atoms with E-state index < -0.39 is 18.2 Å². The Balaban J connectivity index is 4.09. The van der Waals surface area contributed by atoms with Gasteiger partial charge in [0.05, 0.1) is 0 Å². The number of rotatable bonds is 2. The summed E-state index contributed by atoms with van der Waals surface area (Å²) in [4.78, 5) is 10.5. The van der Waals surface area contributed by atoms with E-state index in [9.17, 15) is 18.0 Å².